The second-order valence-electron chi connectivity index (χ2n) is 6.56. The van der Waals surface area contributed by atoms with Crippen LogP contribution in [0.15, 0.2) is 16.9 Å². The van der Waals surface area contributed by atoms with Gasteiger partial charge in [-0.3, -0.25) is 9.59 Å². The number of carbonyl (C=O) groups excluding carboxylic acids is 2. The zero-order valence-corrected chi connectivity index (χ0v) is 13.4. The number of ketones is 2. The van der Waals surface area contributed by atoms with Crippen LogP contribution in [-0.4, -0.2) is 22.8 Å². The van der Waals surface area contributed by atoms with Crippen LogP contribution in [0.5, 0.6) is 0 Å². The molecular weight excluding hydrogens is 252 g/mol. The molecule has 0 bridgehead atoms. The summed E-state index contributed by atoms with van der Waals surface area (Å²) in [6.45, 7) is 11.6. The van der Waals surface area contributed by atoms with Crippen LogP contribution < -0.4 is 5.32 Å². The fourth-order valence-corrected chi connectivity index (χ4v) is 2.23. The van der Waals surface area contributed by atoms with Crippen LogP contribution in [0.1, 0.15) is 54.4 Å². The predicted molar refractivity (Wildman–Crippen MR) is 81.7 cm³/mol. The number of carbonyl (C=O) groups is 2. The zero-order valence-electron chi connectivity index (χ0n) is 13.4. The minimum Gasteiger partial charge on any atom is -0.373 e. The summed E-state index contributed by atoms with van der Waals surface area (Å²) in [6.07, 6.45) is 2.56. The Morgan fingerprint density at radius 2 is 1.75 bits per heavy atom. The van der Waals surface area contributed by atoms with E-state index in [1.54, 1.807) is 13.1 Å². The van der Waals surface area contributed by atoms with Crippen LogP contribution in [-0.2, 0) is 9.59 Å². The van der Waals surface area contributed by atoms with E-state index in [1.165, 1.54) is 0 Å². The third-order valence-electron chi connectivity index (χ3n) is 3.34. The van der Waals surface area contributed by atoms with E-state index in [9.17, 15) is 9.59 Å². The molecule has 1 aliphatic rings. The van der Waals surface area contributed by atoms with Crippen molar-refractivity contribution >= 4 is 17.3 Å². The molecule has 0 aromatic heterocycles. The van der Waals surface area contributed by atoms with Gasteiger partial charge in [-0.25, -0.2) is 4.99 Å². The van der Waals surface area contributed by atoms with Gasteiger partial charge in [0.15, 0.2) is 11.6 Å². The van der Waals surface area contributed by atoms with Gasteiger partial charge in [0.2, 0.25) is 0 Å². The maximum Gasteiger partial charge on any atom is 0.180 e. The van der Waals surface area contributed by atoms with Crippen LogP contribution in [0.3, 0.4) is 0 Å². The van der Waals surface area contributed by atoms with Crippen molar-refractivity contribution in [1.29, 1.82) is 0 Å². The van der Waals surface area contributed by atoms with Gasteiger partial charge >= 0.3 is 0 Å². The van der Waals surface area contributed by atoms with Gasteiger partial charge in [0.05, 0.1) is 5.70 Å². The Bertz CT molecular complexity index is 461. The molecule has 0 radical (unpaired) electrons. The molecule has 1 aliphatic heterocycles. The van der Waals surface area contributed by atoms with Gasteiger partial charge in [-0.1, -0.05) is 27.7 Å². The third kappa shape index (κ3) is 3.78. The fraction of sp³-hybridized carbons (Fsp3) is 0.688. The van der Waals surface area contributed by atoms with E-state index in [-0.39, 0.29) is 23.4 Å². The first kappa shape index (κ1) is 16.6. The molecule has 1 unspecified atom stereocenters. The molecule has 1 atom stereocenters. The molecule has 4 heteroatoms. The Hall–Kier alpha value is -1.45. The molecule has 1 heterocycles. The first-order valence-electron chi connectivity index (χ1n) is 7.27. The van der Waals surface area contributed by atoms with Gasteiger partial charge in [-0.2, -0.15) is 0 Å². The largest absolute Gasteiger partial charge is 0.373 e. The Morgan fingerprint density at radius 1 is 1.20 bits per heavy atom. The van der Waals surface area contributed by atoms with Gasteiger partial charge in [0.25, 0.3) is 0 Å². The lowest BCUT2D eigenvalue weighted by Crippen LogP contribution is -2.58. The van der Waals surface area contributed by atoms with Crippen LogP contribution in [0.25, 0.3) is 0 Å². The lowest BCUT2D eigenvalue weighted by Gasteiger charge is -2.33. The highest BCUT2D eigenvalue weighted by molar-refractivity contribution is 6.48. The predicted octanol–water partition coefficient (Wildman–Crippen LogP) is 2.88. The topological polar surface area (TPSA) is 58.5 Å². The lowest BCUT2D eigenvalue weighted by molar-refractivity contribution is -0.124. The van der Waals surface area contributed by atoms with Crippen molar-refractivity contribution in [2.45, 2.75) is 59.9 Å². The molecule has 112 valence electrons. The molecular formula is C16H26N2O2. The Balaban J connectivity index is 3.08. The monoisotopic (exact) mass is 278 g/mol. The van der Waals surface area contributed by atoms with Crippen molar-refractivity contribution in [3.05, 3.63) is 11.9 Å². The maximum absolute atomic E-state index is 12.5. The van der Waals surface area contributed by atoms with Crippen molar-refractivity contribution in [3.63, 3.8) is 0 Å². The number of nitrogens with one attached hydrogen (secondary N) is 1. The van der Waals surface area contributed by atoms with E-state index in [2.05, 4.69) is 10.3 Å². The molecule has 0 amide bonds. The summed E-state index contributed by atoms with van der Waals surface area (Å²) in [6, 6.07) is 0. The highest BCUT2D eigenvalue weighted by Crippen LogP contribution is 2.22. The Kier molecular flexibility index (Phi) is 5.26. The minimum atomic E-state index is -0.990. The van der Waals surface area contributed by atoms with Crippen molar-refractivity contribution in [3.8, 4) is 0 Å². The second-order valence-corrected chi connectivity index (χ2v) is 6.56. The Labute approximate surface area is 121 Å². The van der Waals surface area contributed by atoms with Gasteiger partial charge in [0.1, 0.15) is 11.3 Å². The molecule has 0 fully saturated rings. The Morgan fingerprint density at radius 3 is 2.25 bits per heavy atom. The van der Waals surface area contributed by atoms with Crippen LogP contribution >= 0.6 is 0 Å². The molecule has 0 saturated heterocycles. The SMILES string of the molecule is CC1=CNC(C)(C(=O)CC(C)C)C(C(=O)CC(C)C)=N1. The first-order chi connectivity index (χ1) is 9.16. The minimum absolute atomic E-state index is 0.0205. The summed E-state index contributed by atoms with van der Waals surface area (Å²) < 4.78 is 0. The summed E-state index contributed by atoms with van der Waals surface area (Å²) in [5, 5.41) is 3.09. The van der Waals surface area contributed by atoms with E-state index in [1.807, 2.05) is 34.6 Å². The van der Waals surface area contributed by atoms with Crippen molar-refractivity contribution in [2.75, 3.05) is 0 Å². The number of hydrogen-bond donors (Lipinski definition) is 1. The quantitative estimate of drug-likeness (QED) is 0.812. The number of nitrogens with zero attached hydrogens (tertiary/aromatic N) is 1. The van der Waals surface area contributed by atoms with Gasteiger partial charge in [-0.05, 0) is 25.7 Å². The molecule has 1 N–H and O–H groups in total. The van der Waals surface area contributed by atoms with E-state index in [0.29, 0.717) is 18.6 Å². The van der Waals surface area contributed by atoms with E-state index in [4.69, 9.17) is 0 Å². The smallest absolute Gasteiger partial charge is 0.180 e. The molecule has 0 aromatic carbocycles. The standard InChI is InChI=1S/C16H26N2O2/c1-10(2)7-13(19)15-16(6,14(20)8-11(3)4)17-9-12(5)18-15/h9-11,17H,7-8H2,1-6H3. The summed E-state index contributed by atoms with van der Waals surface area (Å²) in [5.74, 6) is 0.488. The average Bonchev–Trinajstić information content (AvgIpc) is 2.30. The van der Waals surface area contributed by atoms with Gasteiger partial charge in [-0.15, -0.1) is 0 Å². The highest BCUT2D eigenvalue weighted by atomic mass is 16.1. The molecule has 0 saturated carbocycles. The maximum atomic E-state index is 12.5. The summed E-state index contributed by atoms with van der Waals surface area (Å²) in [7, 11) is 0. The molecule has 0 aromatic rings. The van der Waals surface area contributed by atoms with Gasteiger partial charge in [0, 0.05) is 19.0 Å². The van der Waals surface area contributed by atoms with Crippen LogP contribution in [0, 0.1) is 11.8 Å². The van der Waals surface area contributed by atoms with Crippen LogP contribution in [0.4, 0.5) is 0 Å². The summed E-state index contributed by atoms with van der Waals surface area (Å²) in [5.41, 5.74) is 0.0965. The van der Waals surface area contributed by atoms with E-state index >= 15 is 0 Å². The summed E-state index contributed by atoms with van der Waals surface area (Å²) >= 11 is 0. The average molecular weight is 278 g/mol. The van der Waals surface area contributed by atoms with E-state index in [0.717, 1.165) is 5.70 Å². The second kappa shape index (κ2) is 6.33. The number of Topliss-reactive ketones (excluding diaryl/α,β-unsaturated/α-hetero) is 2. The zero-order chi connectivity index (χ0) is 15.5. The van der Waals surface area contributed by atoms with Crippen molar-refractivity contribution in [1.82, 2.24) is 5.32 Å². The highest BCUT2D eigenvalue weighted by Gasteiger charge is 2.42. The molecule has 0 spiro atoms. The normalized spacial score (nSPS) is 22.4. The van der Waals surface area contributed by atoms with Crippen molar-refractivity contribution < 1.29 is 9.59 Å². The lowest BCUT2D eigenvalue weighted by atomic mass is 9.82. The number of aliphatic imine (C=N–C) groups is 1. The fourth-order valence-electron chi connectivity index (χ4n) is 2.23. The third-order valence-corrected chi connectivity index (χ3v) is 3.34. The molecule has 20 heavy (non-hydrogen) atoms. The summed E-state index contributed by atoms with van der Waals surface area (Å²) in [4.78, 5) is 29.3. The van der Waals surface area contributed by atoms with Crippen LogP contribution in [0.2, 0.25) is 0 Å². The number of allylic oxidation sites excluding steroid dienone is 1. The number of hydrogen-bond acceptors (Lipinski definition) is 4. The first-order valence-corrected chi connectivity index (χ1v) is 7.27. The molecule has 0 aliphatic carbocycles. The van der Waals surface area contributed by atoms with E-state index < -0.39 is 5.54 Å². The van der Waals surface area contributed by atoms with Crippen molar-refractivity contribution in [2.24, 2.45) is 16.8 Å². The molecule has 1 rings (SSSR count). The van der Waals surface area contributed by atoms with Gasteiger partial charge < -0.3 is 5.32 Å². The number of rotatable bonds is 6. The molecule has 4 nitrogen and oxygen atoms in total.